The predicted octanol–water partition coefficient (Wildman–Crippen LogP) is 4.71. The highest BCUT2D eigenvalue weighted by Gasteiger charge is 2.30. The van der Waals surface area contributed by atoms with Crippen molar-refractivity contribution in [3.63, 3.8) is 0 Å². The summed E-state index contributed by atoms with van der Waals surface area (Å²) in [4.78, 5) is 0.428. The van der Waals surface area contributed by atoms with Gasteiger partial charge in [0, 0.05) is 4.90 Å². The van der Waals surface area contributed by atoms with E-state index in [0.29, 0.717) is 4.90 Å². The molecule has 0 radical (unpaired) electrons. The second-order valence-corrected chi connectivity index (χ2v) is 4.33. The van der Waals surface area contributed by atoms with Crippen molar-refractivity contribution in [3.05, 3.63) is 24.3 Å². The van der Waals surface area contributed by atoms with E-state index in [4.69, 9.17) is 0 Å². The largest absolute Gasteiger partial charge is 0.573 e. The van der Waals surface area contributed by atoms with Crippen LogP contribution in [-0.2, 0) is 0 Å². The Morgan fingerprint density at radius 2 is 1.94 bits per heavy atom. The van der Waals surface area contributed by atoms with Crippen LogP contribution in [0.2, 0.25) is 0 Å². The van der Waals surface area contributed by atoms with Gasteiger partial charge in [0.15, 0.2) is 0 Å². The molecule has 0 N–H and O–H groups in total. The van der Waals surface area contributed by atoms with Gasteiger partial charge in [-0.25, -0.2) is 0 Å². The van der Waals surface area contributed by atoms with Crippen LogP contribution in [0.15, 0.2) is 29.2 Å². The summed E-state index contributed by atoms with van der Waals surface area (Å²) in [5, 5.41) is 0. The van der Waals surface area contributed by atoms with E-state index in [0.717, 1.165) is 0 Å². The Labute approximate surface area is 112 Å². The molecular formula is C10H12F3IOS. The van der Waals surface area contributed by atoms with Crippen LogP contribution >= 0.6 is 35.2 Å². The zero-order chi connectivity index (χ0) is 12.6. The van der Waals surface area contributed by atoms with Crippen molar-refractivity contribution in [2.75, 3.05) is 4.43 Å². The molecule has 0 bridgehead atoms. The minimum absolute atomic E-state index is 0.255. The summed E-state index contributed by atoms with van der Waals surface area (Å²) < 4.78 is 39.8. The molecule has 0 spiro atoms. The fourth-order valence-electron chi connectivity index (χ4n) is 0.681. The average molecular weight is 364 g/mol. The molecule has 1 rings (SSSR count). The number of rotatable bonds is 2. The molecule has 0 heterocycles. The molecule has 0 aliphatic carbocycles. The third-order valence-corrected chi connectivity index (χ3v) is 2.60. The van der Waals surface area contributed by atoms with Crippen molar-refractivity contribution in [2.45, 2.75) is 24.6 Å². The fourth-order valence-corrected chi connectivity index (χ4v) is 0.894. The molecule has 0 saturated carbocycles. The van der Waals surface area contributed by atoms with Crippen LogP contribution in [0.5, 0.6) is 5.75 Å². The van der Waals surface area contributed by atoms with Gasteiger partial charge in [0.1, 0.15) is 5.75 Å². The highest BCUT2D eigenvalue weighted by Crippen LogP contribution is 2.23. The highest BCUT2D eigenvalue weighted by atomic mass is 127. The van der Waals surface area contributed by atoms with Crippen molar-refractivity contribution in [1.29, 1.82) is 0 Å². The molecule has 0 aliphatic heterocycles. The van der Waals surface area contributed by atoms with Crippen molar-refractivity contribution < 1.29 is 17.9 Å². The van der Waals surface area contributed by atoms with Crippen LogP contribution in [0.25, 0.3) is 0 Å². The molecule has 16 heavy (non-hydrogen) atoms. The molecule has 0 amide bonds. The number of hydrogen-bond donors (Lipinski definition) is 1. The van der Waals surface area contributed by atoms with Crippen molar-refractivity contribution >= 4 is 35.2 Å². The zero-order valence-corrected chi connectivity index (χ0v) is 11.6. The minimum atomic E-state index is -4.64. The van der Waals surface area contributed by atoms with Gasteiger partial charge in [-0.3, -0.25) is 0 Å². The lowest BCUT2D eigenvalue weighted by atomic mass is 10.3. The van der Waals surface area contributed by atoms with E-state index in [1.54, 1.807) is 6.07 Å². The van der Waals surface area contributed by atoms with E-state index in [9.17, 15) is 13.2 Å². The molecule has 0 aromatic heterocycles. The third-order valence-electron chi connectivity index (χ3n) is 1.24. The summed E-state index contributed by atoms with van der Waals surface area (Å²) in [5.41, 5.74) is 0. The second kappa shape index (κ2) is 8.05. The molecule has 1 nitrogen and oxygen atoms in total. The Morgan fingerprint density at radius 1 is 1.38 bits per heavy atom. The topological polar surface area (TPSA) is 9.23 Å². The van der Waals surface area contributed by atoms with Crippen molar-refractivity contribution in [3.8, 4) is 5.75 Å². The van der Waals surface area contributed by atoms with Gasteiger partial charge in [-0.2, -0.15) is 0 Å². The van der Waals surface area contributed by atoms with Crippen LogP contribution in [0, 0.1) is 0 Å². The second-order valence-electron chi connectivity index (χ2n) is 2.73. The summed E-state index contributed by atoms with van der Waals surface area (Å²) in [6, 6.07) is 5.40. The number of ether oxygens (including phenoxy) is 1. The van der Waals surface area contributed by atoms with Gasteiger partial charge in [0.05, 0.1) is 0 Å². The lowest BCUT2D eigenvalue weighted by Crippen LogP contribution is -2.16. The number of benzene rings is 1. The summed E-state index contributed by atoms with van der Waals surface area (Å²) in [6.45, 7) is 2.17. The number of halogens is 4. The third kappa shape index (κ3) is 9.14. The molecule has 0 atom stereocenters. The maximum atomic E-state index is 11.6. The Kier molecular flexibility index (Phi) is 8.00. The van der Waals surface area contributed by atoms with Gasteiger partial charge < -0.3 is 4.74 Å². The van der Waals surface area contributed by atoms with Crippen LogP contribution in [0.4, 0.5) is 13.2 Å². The summed E-state index contributed by atoms with van der Waals surface area (Å²) >= 11 is 6.21. The number of alkyl halides is 4. The van der Waals surface area contributed by atoms with Crippen LogP contribution in [-0.4, -0.2) is 10.8 Å². The zero-order valence-electron chi connectivity index (χ0n) is 8.59. The van der Waals surface area contributed by atoms with E-state index in [2.05, 4.69) is 46.9 Å². The van der Waals surface area contributed by atoms with Crippen molar-refractivity contribution in [1.82, 2.24) is 0 Å². The van der Waals surface area contributed by atoms with Gasteiger partial charge in [-0.15, -0.1) is 25.8 Å². The smallest absolute Gasteiger partial charge is 0.406 e. The summed E-state index contributed by atoms with van der Waals surface area (Å²) in [6.07, 6.45) is -3.33. The molecular weight excluding hydrogens is 352 g/mol. The Hall–Kier alpha value is -0.110. The molecule has 1 aromatic rings. The standard InChI is InChI=1S/C7H5F3OS.C3H7I/c8-7(9,10)11-5-2-1-3-6(12)4-5;1-2-3-4/h1-4,12H;2-3H2,1H3. The Bertz CT molecular complexity index is 302. The summed E-state index contributed by atoms with van der Waals surface area (Å²) in [7, 11) is 0. The first kappa shape index (κ1) is 15.9. The number of hydrogen-bond acceptors (Lipinski definition) is 2. The first-order valence-corrected chi connectivity index (χ1v) is 6.47. The molecule has 0 fully saturated rings. The molecule has 1 aromatic carbocycles. The van der Waals surface area contributed by atoms with E-state index in [1.165, 1.54) is 29.0 Å². The summed E-state index contributed by atoms with van der Waals surface area (Å²) in [5.74, 6) is -0.255. The van der Waals surface area contributed by atoms with E-state index in [1.807, 2.05) is 0 Å². The lowest BCUT2D eigenvalue weighted by Gasteiger charge is -2.08. The monoisotopic (exact) mass is 364 g/mol. The molecule has 6 heteroatoms. The molecule has 92 valence electrons. The predicted molar refractivity (Wildman–Crippen MR) is 69.6 cm³/mol. The van der Waals surface area contributed by atoms with Gasteiger partial charge in [0.25, 0.3) is 0 Å². The van der Waals surface area contributed by atoms with E-state index in [-0.39, 0.29) is 5.75 Å². The number of thiol groups is 1. The van der Waals surface area contributed by atoms with Gasteiger partial charge in [0.2, 0.25) is 0 Å². The van der Waals surface area contributed by atoms with Crippen LogP contribution in [0.1, 0.15) is 13.3 Å². The van der Waals surface area contributed by atoms with Gasteiger partial charge in [-0.1, -0.05) is 35.6 Å². The first-order chi connectivity index (χ1) is 7.39. The van der Waals surface area contributed by atoms with Crippen LogP contribution in [0.3, 0.4) is 0 Å². The van der Waals surface area contributed by atoms with Gasteiger partial charge in [-0.05, 0) is 29.0 Å². The molecule has 0 saturated heterocycles. The fraction of sp³-hybridized carbons (Fsp3) is 0.400. The molecule has 0 aliphatic rings. The SMILES string of the molecule is CCCI.FC(F)(F)Oc1cccc(S)c1. The Morgan fingerprint density at radius 3 is 2.31 bits per heavy atom. The first-order valence-electron chi connectivity index (χ1n) is 4.49. The molecule has 0 unspecified atom stereocenters. The van der Waals surface area contributed by atoms with Crippen molar-refractivity contribution in [2.24, 2.45) is 0 Å². The lowest BCUT2D eigenvalue weighted by molar-refractivity contribution is -0.274. The Balaban J connectivity index is 0.000000487. The minimum Gasteiger partial charge on any atom is -0.406 e. The van der Waals surface area contributed by atoms with E-state index < -0.39 is 6.36 Å². The average Bonchev–Trinajstić information content (AvgIpc) is 2.15. The maximum absolute atomic E-state index is 11.6. The quantitative estimate of drug-likeness (QED) is 0.455. The highest BCUT2D eigenvalue weighted by molar-refractivity contribution is 14.1. The maximum Gasteiger partial charge on any atom is 0.573 e. The van der Waals surface area contributed by atoms with E-state index >= 15 is 0 Å². The normalized spacial score (nSPS) is 10.4. The van der Waals surface area contributed by atoms with Crippen LogP contribution < -0.4 is 4.74 Å². The van der Waals surface area contributed by atoms with Gasteiger partial charge >= 0.3 is 6.36 Å².